The van der Waals surface area contributed by atoms with Crippen molar-refractivity contribution in [3.63, 3.8) is 0 Å². The molecule has 5 nitrogen and oxygen atoms in total. The van der Waals surface area contributed by atoms with E-state index in [-0.39, 0.29) is 11.8 Å². The summed E-state index contributed by atoms with van der Waals surface area (Å²) in [6.45, 7) is 5.15. The summed E-state index contributed by atoms with van der Waals surface area (Å²) < 4.78 is 0. The van der Waals surface area contributed by atoms with Crippen LogP contribution in [0.25, 0.3) is 0 Å². The second kappa shape index (κ2) is 8.37. The molecule has 0 saturated carbocycles. The normalized spacial score (nSPS) is 18.1. The fourth-order valence-electron chi connectivity index (χ4n) is 2.08. The minimum absolute atomic E-state index is 0.155. The first-order chi connectivity index (χ1) is 8.63. The first-order valence-corrected chi connectivity index (χ1v) is 7.14. The second-order valence-corrected chi connectivity index (χ2v) is 4.99. The van der Waals surface area contributed by atoms with E-state index in [0.29, 0.717) is 12.3 Å². The van der Waals surface area contributed by atoms with E-state index in [0.717, 1.165) is 19.6 Å². The summed E-state index contributed by atoms with van der Waals surface area (Å²) in [5.41, 5.74) is 0. The Morgan fingerprint density at radius 3 is 2.50 bits per heavy atom. The molecule has 1 aliphatic heterocycles. The van der Waals surface area contributed by atoms with Gasteiger partial charge in [0.05, 0.1) is 0 Å². The molecule has 0 aromatic carbocycles. The Bertz CT molecular complexity index is 280. The van der Waals surface area contributed by atoms with Crippen LogP contribution in [0, 0.1) is 0 Å². The predicted molar refractivity (Wildman–Crippen MR) is 74.8 cm³/mol. The molecule has 2 amide bonds. The lowest BCUT2D eigenvalue weighted by Gasteiger charge is -2.26. The van der Waals surface area contributed by atoms with Crippen LogP contribution < -0.4 is 10.6 Å². The van der Waals surface area contributed by atoms with Gasteiger partial charge in [-0.3, -0.25) is 9.59 Å². The van der Waals surface area contributed by atoms with E-state index in [9.17, 15) is 9.59 Å². The number of thiol groups is 1. The van der Waals surface area contributed by atoms with Gasteiger partial charge in [0.25, 0.3) is 0 Å². The van der Waals surface area contributed by atoms with Crippen molar-refractivity contribution in [3.05, 3.63) is 0 Å². The molecule has 1 atom stereocenters. The van der Waals surface area contributed by atoms with Crippen LogP contribution in [0.3, 0.4) is 0 Å². The standard InChI is InChI=1S/C12H23N3O2S/c1-10(16)14-11(9-18)12(17)13-5-8-15-6-3-2-4-7-15/h11,18H,2-9H2,1H3,(H,13,17)(H,14,16). The van der Waals surface area contributed by atoms with Crippen LogP contribution in [-0.4, -0.2) is 54.7 Å². The minimum atomic E-state index is -0.535. The number of amides is 2. The first kappa shape index (κ1) is 15.3. The van der Waals surface area contributed by atoms with Crippen molar-refractivity contribution in [1.82, 2.24) is 15.5 Å². The zero-order valence-corrected chi connectivity index (χ0v) is 11.8. The van der Waals surface area contributed by atoms with Gasteiger partial charge in [0.1, 0.15) is 6.04 Å². The molecule has 0 radical (unpaired) electrons. The van der Waals surface area contributed by atoms with E-state index in [1.54, 1.807) is 0 Å². The third-order valence-corrected chi connectivity index (χ3v) is 3.42. The van der Waals surface area contributed by atoms with Crippen LogP contribution in [0.1, 0.15) is 26.2 Å². The SMILES string of the molecule is CC(=O)NC(CS)C(=O)NCCN1CCCCC1. The molecular formula is C12H23N3O2S. The fraction of sp³-hybridized carbons (Fsp3) is 0.833. The molecule has 1 fully saturated rings. The molecule has 104 valence electrons. The number of hydrogen-bond acceptors (Lipinski definition) is 4. The Morgan fingerprint density at radius 1 is 1.28 bits per heavy atom. The molecule has 1 rings (SSSR count). The number of hydrogen-bond donors (Lipinski definition) is 3. The highest BCUT2D eigenvalue weighted by molar-refractivity contribution is 7.80. The highest BCUT2D eigenvalue weighted by Gasteiger charge is 2.17. The van der Waals surface area contributed by atoms with Crippen LogP contribution >= 0.6 is 12.6 Å². The maximum Gasteiger partial charge on any atom is 0.243 e. The van der Waals surface area contributed by atoms with Gasteiger partial charge in [0.2, 0.25) is 11.8 Å². The zero-order valence-electron chi connectivity index (χ0n) is 10.9. The average Bonchev–Trinajstić information content (AvgIpc) is 2.36. The maximum atomic E-state index is 11.8. The lowest BCUT2D eigenvalue weighted by Crippen LogP contribution is -2.49. The van der Waals surface area contributed by atoms with E-state index in [4.69, 9.17) is 0 Å². The average molecular weight is 273 g/mol. The summed E-state index contributed by atoms with van der Waals surface area (Å²) in [7, 11) is 0. The van der Waals surface area contributed by atoms with Crippen LogP contribution in [-0.2, 0) is 9.59 Å². The summed E-state index contributed by atoms with van der Waals surface area (Å²) in [6, 6.07) is -0.535. The van der Waals surface area contributed by atoms with Crippen LogP contribution in [0.4, 0.5) is 0 Å². The van der Waals surface area contributed by atoms with Gasteiger partial charge in [0, 0.05) is 25.8 Å². The molecule has 0 aromatic heterocycles. The third-order valence-electron chi connectivity index (χ3n) is 3.05. The van der Waals surface area contributed by atoms with Gasteiger partial charge < -0.3 is 15.5 Å². The molecule has 18 heavy (non-hydrogen) atoms. The van der Waals surface area contributed by atoms with Crippen molar-refractivity contribution in [3.8, 4) is 0 Å². The molecule has 0 aromatic rings. The molecule has 6 heteroatoms. The smallest absolute Gasteiger partial charge is 0.243 e. The predicted octanol–water partition coefficient (Wildman–Crippen LogP) is 0.0230. The lowest BCUT2D eigenvalue weighted by atomic mass is 10.1. The van der Waals surface area contributed by atoms with Crippen molar-refractivity contribution in [2.24, 2.45) is 0 Å². The molecule has 0 aliphatic carbocycles. The number of rotatable bonds is 6. The third kappa shape index (κ3) is 5.73. The number of nitrogens with one attached hydrogen (secondary N) is 2. The monoisotopic (exact) mass is 273 g/mol. The van der Waals surface area contributed by atoms with E-state index in [2.05, 4.69) is 28.2 Å². The van der Waals surface area contributed by atoms with Gasteiger partial charge in [-0.15, -0.1) is 0 Å². The number of carbonyl (C=O) groups excluding carboxylic acids is 2. The van der Waals surface area contributed by atoms with Gasteiger partial charge in [-0.25, -0.2) is 0 Å². The Kier molecular flexibility index (Phi) is 7.12. The molecule has 1 aliphatic rings. The molecular weight excluding hydrogens is 250 g/mol. The molecule has 1 heterocycles. The summed E-state index contributed by atoms with van der Waals surface area (Å²) in [5.74, 6) is -0.0489. The van der Waals surface area contributed by atoms with Crippen molar-refractivity contribution in [1.29, 1.82) is 0 Å². The number of nitrogens with zero attached hydrogens (tertiary/aromatic N) is 1. The molecule has 1 saturated heterocycles. The van der Waals surface area contributed by atoms with Crippen molar-refractivity contribution < 1.29 is 9.59 Å². The summed E-state index contributed by atoms with van der Waals surface area (Å²) in [5, 5.41) is 5.42. The first-order valence-electron chi connectivity index (χ1n) is 6.51. The van der Waals surface area contributed by atoms with Gasteiger partial charge in [-0.2, -0.15) is 12.6 Å². The second-order valence-electron chi connectivity index (χ2n) is 4.63. The summed E-state index contributed by atoms with van der Waals surface area (Å²) in [6.07, 6.45) is 3.81. The van der Waals surface area contributed by atoms with Crippen LogP contribution in [0.15, 0.2) is 0 Å². The maximum absolute atomic E-state index is 11.8. The highest BCUT2D eigenvalue weighted by atomic mass is 32.1. The van der Waals surface area contributed by atoms with Crippen molar-refractivity contribution in [2.75, 3.05) is 31.9 Å². The molecule has 0 spiro atoms. The molecule has 2 N–H and O–H groups in total. The zero-order chi connectivity index (χ0) is 13.4. The van der Waals surface area contributed by atoms with Crippen LogP contribution in [0.5, 0.6) is 0 Å². The van der Waals surface area contributed by atoms with Crippen molar-refractivity contribution >= 4 is 24.4 Å². The van der Waals surface area contributed by atoms with Gasteiger partial charge >= 0.3 is 0 Å². The molecule has 1 unspecified atom stereocenters. The summed E-state index contributed by atoms with van der Waals surface area (Å²) >= 11 is 4.07. The Balaban J connectivity index is 2.20. The highest BCUT2D eigenvalue weighted by Crippen LogP contribution is 2.07. The van der Waals surface area contributed by atoms with Crippen LogP contribution in [0.2, 0.25) is 0 Å². The Morgan fingerprint density at radius 2 is 1.94 bits per heavy atom. The van der Waals surface area contributed by atoms with Crippen molar-refractivity contribution in [2.45, 2.75) is 32.2 Å². The lowest BCUT2D eigenvalue weighted by molar-refractivity contribution is -0.127. The van der Waals surface area contributed by atoms with E-state index >= 15 is 0 Å². The van der Waals surface area contributed by atoms with E-state index in [1.807, 2.05) is 0 Å². The Labute approximate surface area is 114 Å². The topological polar surface area (TPSA) is 61.4 Å². The van der Waals surface area contributed by atoms with Gasteiger partial charge in [-0.1, -0.05) is 6.42 Å². The van der Waals surface area contributed by atoms with E-state index in [1.165, 1.54) is 26.2 Å². The van der Waals surface area contributed by atoms with E-state index < -0.39 is 6.04 Å². The summed E-state index contributed by atoms with van der Waals surface area (Å²) in [4.78, 5) is 25.0. The fourth-order valence-corrected chi connectivity index (χ4v) is 2.34. The van der Waals surface area contributed by atoms with Gasteiger partial charge in [0.15, 0.2) is 0 Å². The number of piperidine rings is 1. The quantitative estimate of drug-likeness (QED) is 0.598. The van der Waals surface area contributed by atoms with Gasteiger partial charge in [-0.05, 0) is 25.9 Å². The largest absolute Gasteiger partial charge is 0.353 e. The number of likely N-dealkylation sites (tertiary alicyclic amines) is 1. The Hall–Kier alpha value is -0.750. The number of carbonyl (C=O) groups is 2. The molecule has 0 bridgehead atoms. The minimum Gasteiger partial charge on any atom is -0.353 e.